The summed E-state index contributed by atoms with van der Waals surface area (Å²) in [5.74, 6) is -2.59. The van der Waals surface area contributed by atoms with Crippen molar-refractivity contribution < 1.29 is 36.3 Å². The third-order valence-electron chi connectivity index (χ3n) is 9.81. The van der Waals surface area contributed by atoms with Crippen molar-refractivity contribution >= 4 is 23.6 Å². The molecule has 2 amide bonds. The van der Waals surface area contributed by atoms with Crippen molar-refractivity contribution in [1.29, 1.82) is 0 Å². The fourth-order valence-corrected chi connectivity index (χ4v) is 8.68. The number of hydrogen-bond donors (Lipinski definition) is 1. The van der Waals surface area contributed by atoms with Gasteiger partial charge >= 0.3 is 6.18 Å². The van der Waals surface area contributed by atoms with Gasteiger partial charge in [-0.15, -0.1) is 11.8 Å². The molecule has 0 bridgehead atoms. The average molecular weight is 746 g/mol. The van der Waals surface area contributed by atoms with E-state index < -0.39 is 64.8 Å². The number of carbonyl (C=O) groups is 2. The summed E-state index contributed by atoms with van der Waals surface area (Å²) in [5.41, 5.74) is -0.677. The monoisotopic (exact) mass is 745 g/mol. The SMILES string of the molecule is COc1cccc(-c2c(C)c(Cc3c(F)cccc3C(F)(F)F)c3n(c2=O)C(C(NCCN2C(=O)c4ccccc4C2=O)c2ccccc2)CS3)c1F. The predicted octanol–water partition coefficient (Wildman–Crippen LogP) is 7.99. The summed E-state index contributed by atoms with van der Waals surface area (Å²) in [6, 6.07) is 21.5. The van der Waals surface area contributed by atoms with E-state index in [-0.39, 0.29) is 46.8 Å². The van der Waals surface area contributed by atoms with E-state index in [4.69, 9.17) is 4.74 Å². The second kappa shape index (κ2) is 14.3. The Balaban J connectivity index is 1.35. The van der Waals surface area contributed by atoms with E-state index in [1.165, 1.54) is 48.6 Å². The van der Waals surface area contributed by atoms with Crippen molar-refractivity contribution in [2.75, 3.05) is 26.0 Å². The van der Waals surface area contributed by atoms with E-state index in [0.717, 1.165) is 28.7 Å². The first-order valence-corrected chi connectivity index (χ1v) is 17.7. The van der Waals surface area contributed by atoms with Crippen LogP contribution in [0.1, 0.15) is 60.6 Å². The molecule has 53 heavy (non-hydrogen) atoms. The minimum absolute atomic E-state index is 0.0181. The maximum atomic E-state index is 16.0. The fraction of sp³-hybridized carbons (Fsp3) is 0.225. The highest BCUT2D eigenvalue weighted by Crippen LogP contribution is 2.45. The molecule has 2 unspecified atom stereocenters. The Morgan fingerprint density at radius 2 is 1.49 bits per heavy atom. The minimum Gasteiger partial charge on any atom is -0.494 e. The lowest BCUT2D eigenvalue weighted by Crippen LogP contribution is -2.41. The van der Waals surface area contributed by atoms with Crippen molar-refractivity contribution in [1.82, 2.24) is 14.8 Å². The molecule has 1 N–H and O–H groups in total. The highest BCUT2D eigenvalue weighted by molar-refractivity contribution is 7.99. The first-order chi connectivity index (χ1) is 25.4. The molecule has 272 valence electrons. The number of nitrogens with zero attached hydrogens (tertiary/aromatic N) is 2. The number of thioether (sulfide) groups is 1. The lowest BCUT2D eigenvalue weighted by atomic mass is 9.91. The van der Waals surface area contributed by atoms with Gasteiger partial charge in [-0.3, -0.25) is 23.9 Å². The number of carbonyl (C=O) groups excluding carboxylic acids is 2. The van der Waals surface area contributed by atoms with Crippen molar-refractivity contribution in [2.24, 2.45) is 0 Å². The van der Waals surface area contributed by atoms with Crippen molar-refractivity contribution in [2.45, 2.75) is 36.6 Å². The van der Waals surface area contributed by atoms with Gasteiger partial charge < -0.3 is 10.1 Å². The largest absolute Gasteiger partial charge is 0.494 e. The first-order valence-electron chi connectivity index (χ1n) is 16.7. The van der Waals surface area contributed by atoms with Crippen LogP contribution in [-0.4, -0.2) is 47.2 Å². The third kappa shape index (κ3) is 6.41. The molecule has 0 saturated heterocycles. The van der Waals surface area contributed by atoms with Gasteiger partial charge in [0, 0.05) is 36.4 Å². The molecular formula is C40H32F5N3O4S. The Bertz CT molecular complexity index is 2280. The summed E-state index contributed by atoms with van der Waals surface area (Å²) in [6.07, 6.45) is -5.39. The highest BCUT2D eigenvalue weighted by Gasteiger charge is 2.40. The third-order valence-corrected chi connectivity index (χ3v) is 11.0. The van der Waals surface area contributed by atoms with Crippen LogP contribution in [0.5, 0.6) is 5.75 Å². The number of nitrogens with one attached hydrogen (secondary N) is 1. The van der Waals surface area contributed by atoms with Crippen LogP contribution in [0.25, 0.3) is 11.1 Å². The molecule has 5 aromatic rings. The van der Waals surface area contributed by atoms with Crippen LogP contribution in [0.15, 0.2) is 101 Å². The molecule has 13 heteroatoms. The van der Waals surface area contributed by atoms with Gasteiger partial charge in [-0.1, -0.05) is 60.7 Å². The number of benzene rings is 4. The van der Waals surface area contributed by atoms with E-state index in [1.54, 1.807) is 24.3 Å². The van der Waals surface area contributed by atoms with Crippen LogP contribution in [0.2, 0.25) is 0 Å². The summed E-state index contributed by atoms with van der Waals surface area (Å²) in [6.45, 7) is 1.68. The predicted molar refractivity (Wildman–Crippen MR) is 190 cm³/mol. The molecule has 0 saturated carbocycles. The normalized spacial score (nSPS) is 15.8. The second-order valence-corrected chi connectivity index (χ2v) is 13.8. The van der Waals surface area contributed by atoms with Gasteiger partial charge in [-0.25, -0.2) is 8.78 Å². The topological polar surface area (TPSA) is 80.6 Å². The van der Waals surface area contributed by atoms with Crippen LogP contribution in [0, 0.1) is 18.6 Å². The average Bonchev–Trinajstić information content (AvgIpc) is 3.68. The molecule has 0 fully saturated rings. The molecule has 2 aliphatic heterocycles. The van der Waals surface area contributed by atoms with E-state index in [0.29, 0.717) is 16.2 Å². The van der Waals surface area contributed by atoms with Gasteiger partial charge in [0.05, 0.1) is 46.5 Å². The zero-order chi connectivity index (χ0) is 37.6. The van der Waals surface area contributed by atoms with Gasteiger partial charge in [0.25, 0.3) is 17.4 Å². The van der Waals surface area contributed by atoms with Crippen molar-refractivity contribution in [3.63, 3.8) is 0 Å². The molecule has 1 aromatic heterocycles. The summed E-state index contributed by atoms with van der Waals surface area (Å²) >= 11 is 1.24. The van der Waals surface area contributed by atoms with Crippen LogP contribution in [-0.2, 0) is 12.6 Å². The molecule has 2 aliphatic rings. The number of pyridine rings is 1. The number of fused-ring (bicyclic) bond motifs is 2. The number of imide groups is 1. The summed E-state index contributed by atoms with van der Waals surface area (Å²) in [7, 11) is 1.28. The number of aromatic nitrogens is 1. The van der Waals surface area contributed by atoms with Gasteiger partial charge in [0.2, 0.25) is 0 Å². The molecule has 4 aromatic carbocycles. The molecular weight excluding hydrogens is 714 g/mol. The van der Waals surface area contributed by atoms with Gasteiger partial charge in [-0.2, -0.15) is 13.2 Å². The second-order valence-electron chi connectivity index (χ2n) is 12.7. The van der Waals surface area contributed by atoms with Crippen molar-refractivity contribution in [3.8, 4) is 16.9 Å². The number of hydrogen-bond acceptors (Lipinski definition) is 6. The van der Waals surface area contributed by atoms with Gasteiger partial charge in [0.1, 0.15) is 5.82 Å². The van der Waals surface area contributed by atoms with Crippen LogP contribution < -0.4 is 15.6 Å². The Morgan fingerprint density at radius 1 is 0.849 bits per heavy atom. The molecule has 7 nitrogen and oxygen atoms in total. The molecule has 2 atom stereocenters. The number of alkyl halides is 3. The Morgan fingerprint density at radius 3 is 2.15 bits per heavy atom. The van der Waals surface area contributed by atoms with E-state index in [1.807, 2.05) is 30.3 Å². The zero-order valence-electron chi connectivity index (χ0n) is 28.5. The lowest BCUT2D eigenvalue weighted by Gasteiger charge is -2.29. The molecule has 0 spiro atoms. The van der Waals surface area contributed by atoms with Gasteiger partial charge in [0.15, 0.2) is 11.6 Å². The number of amides is 2. The Labute approximate surface area is 305 Å². The smallest absolute Gasteiger partial charge is 0.416 e. The zero-order valence-corrected chi connectivity index (χ0v) is 29.3. The summed E-state index contributed by atoms with van der Waals surface area (Å²) in [4.78, 5) is 42.1. The van der Waals surface area contributed by atoms with E-state index in [2.05, 4.69) is 5.32 Å². The van der Waals surface area contributed by atoms with Crippen LogP contribution >= 0.6 is 11.8 Å². The number of rotatable bonds is 10. The number of methoxy groups -OCH3 is 1. The standard InChI is InChI=1S/C40H32F5N3O4S/c1-22-27(20-28-29(40(43,44)45)15-9-16-30(28)41)39-48(38(51)33(22)26-14-8-17-32(52-2)34(26)42)31(21-53-39)35(23-10-4-3-5-11-23)46-18-19-47-36(49)24-12-6-7-13-25(24)37(47)50/h3-17,31,35,46H,18-21H2,1-2H3. The first kappa shape index (κ1) is 36.1. The molecule has 7 rings (SSSR count). The minimum atomic E-state index is -4.86. The summed E-state index contributed by atoms with van der Waals surface area (Å²) in [5, 5.41) is 3.77. The van der Waals surface area contributed by atoms with E-state index in [9.17, 15) is 27.6 Å². The molecule has 0 aliphatic carbocycles. The number of ether oxygens (including phenoxy) is 1. The molecule has 0 radical (unpaired) electrons. The Hall–Kier alpha value is -5.27. The van der Waals surface area contributed by atoms with Crippen LogP contribution in [0.3, 0.4) is 0 Å². The fourth-order valence-electron chi connectivity index (χ4n) is 7.25. The Kier molecular flexibility index (Phi) is 9.73. The van der Waals surface area contributed by atoms with E-state index >= 15 is 8.78 Å². The highest BCUT2D eigenvalue weighted by atomic mass is 32.2. The quantitative estimate of drug-likeness (QED) is 0.115. The van der Waals surface area contributed by atoms with Crippen LogP contribution in [0.4, 0.5) is 22.0 Å². The van der Waals surface area contributed by atoms with Gasteiger partial charge in [-0.05, 0) is 53.9 Å². The summed E-state index contributed by atoms with van der Waals surface area (Å²) < 4.78 is 80.6. The molecule has 3 heterocycles. The van der Waals surface area contributed by atoms with Crippen molar-refractivity contribution in [3.05, 3.63) is 152 Å². The number of halogens is 5. The lowest BCUT2D eigenvalue weighted by molar-refractivity contribution is -0.138. The maximum Gasteiger partial charge on any atom is 0.416 e. The maximum absolute atomic E-state index is 16.0.